The van der Waals surface area contributed by atoms with Gasteiger partial charge in [0, 0.05) is 5.56 Å². The number of carboxylic acids is 1. The lowest BCUT2D eigenvalue weighted by molar-refractivity contribution is -0.130. The second-order valence-corrected chi connectivity index (χ2v) is 1.91. The van der Waals surface area contributed by atoms with E-state index in [1.54, 1.807) is 6.07 Å². The maximum atomic E-state index is 10.4. The van der Waals surface area contributed by atoms with E-state index in [2.05, 4.69) is 16.8 Å². The molecular formula is C7H6N2O2. The fourth-order valence-electron chi connectivity index (χ4n) is 0.593. The minimum absolute atomic E-state index is 0.0277. The average Bonchev–Trinajstić information content (AvgIpc) is 2.05. The van der Waals surface area contributed by atoms with E-state index in [1.165, 1.54) is 12.4 Å². The molecule has 0 radical (unpaired) electrons. The second-order valence-electron chi connectivity index (χ2n) is 1.91. The first-order valence-corrected chi connectivity index (χ1v) is 2.91. The number of nitrogens with zero attached hydrogens (tertiary/aromatic N) is 2. The summed E-state index contributed by atoms with van der Waals surface area (Å²) in [6.45, 7) is 3.36. The van der Waals surface area contributed by atoms with Gasteiger partial charge in [0.1, 0.15) is 0 Å². The highest BCUT2D eigenvalue weighted by Crippen LogP contribution is 2.08. The van der Waals surface area contributed by atoms with Crippen LogP contribution in [0.15, 0.2) is 25.0 Å². The molecule has 0 amide bonds. The third-order valence-electron chi connectivity index (χ3n) is 1.19. The van der Waals surface area contributed by atoms with Crippen LogP contribution >= 0.6 is 0 Å². The van der Waals surface area contributed by atoms with Crippen LogP contribution in [0.5, 0.6) is 0 Å². The molecule has 0 unspecified atom stereocenters. The van der Waals surface area contributed by atoms with Gasteiger partial charge in [-0.1, -0.05) is 6.58 Å². The van der Waals surface area contributed by atoms with Gasteiger partial charge in [0.2, 0.25) is 0 Å². The molecule has 0 aliphatic heterocycles. The lowest BCUT2D eigenvalue weighted by atomic mass is 10.1. The molecule has 0 spiro atoms. The second kappa shape index (κ2) is 2.92. The summed E-state index contributed by atoms with van der Waals surface area (Å²) >= 11 is 0. The zero-order chi connectivity index (χ0) is 8.27. The molecule has 0 saturated heterocycles. The van der Waals surface area contributed by atoms with Gasteiger partial charge in [0.05, 0.1) is 18.0 Å². The Morgan fingerprint density at radius 2 is 2.27 bits per heavy atom. The molecule has 0 aromatic carbocycles. The van der Waals surface area contributed by atoms with Gasteiger partial charge < -0.3 is 5.11 Å². The topological polar surface area (TPSA) is 63.1 Å². The zero-order valence-corrected chi connectivity index (χ0v) is 5.69. The van der Waals surface area contributed by atoms with Crippen LogP contribution in [0.1, 0.15) is 5.56 Å². The smallest absolute Gasteiger partial charge is 0.335 e. The van der Waals surface area contributed by atoms with Crippen molar-refractivity contribution < 1.29 is 9.90 Å². The van der Waals surface area contributed by atoms with Crippen molar-refractivity contribution >= 4 is 11.5 Å². The van der Waals surface area contributed by atoms with Crippen LogP contribution in [0.2, 0.25) is 0 Å². The Balaban J connectivity index is 2.95. The van der Waals surface area contributed by atoms with Crippen LogP contribution in [-0.4, -0.2) is 21.3 Å². The molecule has 0 saturated carbocycles. The summed E-state index contributed by atoms with van der Waals surface area (Å²) in [5, 5.41) is 15.5. The monoisotopic (exact) mass is 150 g/mol. The minimum Gasteiger partial charge on any atom is -0.478 e. The molecule has 1 rings (SSSR count). The maximum Gasteiger partial charge on any atom is 0.335 e. The number of carbonyl (C=O) groups is 1. The Hall–Kier alpha value is -1.71. The summed E-state index contributed by atoms with van der Waals surface area (Å²) in [6.07, 6.45) is 2.78. The van der Waals surface area contributed by atoms with Crippen LogP contribution in [0.3, 0.4) is 0 Å². The Morgan fingerprint density at radius 1 is 1.55 bits per heavy atom. The molecule has 1 N–H and O–H groups in total. The molecule has 0 aliphatic carbocycles. The molecule has 11 heavy (non-hydrogen) atoms. The first-order valence-electron chi connectivity index (χ1n) is 2.91. The van der Waals surface area contributed by atoms with Crippen LogP contribution in [-0.2, 0) is 4.79 Å². The fraction of sp³-hybridized carbons (Fsp3) is 0. The van der Waals surface area contributed by atoms with E-state index in [0.29, 0.717) is 5.56 Å². The van der Waals surface area contributed by atoms with E-state index in [9.17, 15) is 4.79 Å². The van der Waals surface area contributed by atoms with Crippen molar-refractivity contribution in [2.45, 2.75) is 0 Å². The number of hydrogen-bond acceptors (Lipinski definition) is 3. The van der Waals surface area contributed by atoms with Gasteiger partial charge in [-0.05, 0) is 6.07 Å². The van der Waals surface area contributed by atoms with Crippen LogP contribution in [0, 0.1) is 0 Å². The summed E-state index contributed by atoms with van der Waals surface area (Å²) in [7, 11) is 0. The summed E-state index contributed by atoms with van der Waals surface area (Å²) in [5.41, 5.74) is 0.507. The molecule has 1 aromatic rings. The predicted octanol–water partition coefficient (Wildman–Crippen LogP) is 0.574. The Labute approximate surface area is 63.2 Å². The molecule has 0 fully saturated rings. The summed E-state index contributed by atoms with van der Waals surface area (Å²) < 4.78 is 0. The van der Waals surface area contributed by atoms with Crippen molar-refractivity contribution in [1.82, 2.24) is 10.2 Å². The molecule has 1 aromatic heterocycles. The molecule has 4 heteroatoms. The van der Waals surface area contributed by atoms with Gasteiger partial charge in [0.15, 0.2) is 0 Å². The molecular weight excluding hydrogens is 144 g/mol. The Morgan fingerprint density at radius 3 is 2.73 bits per heavy atom. The fourth-order valence-corrected chi connectivity index (χ4v) is 0.593. The highest BCUT2D eigenvalue weighted by atomic mass is 16.4. The zero-order valence-electron chi connectivity index (χ0n) is 5.69. The van der Waals surface area contributed by atoms with Gasteiger partial charge in [0.25, 0.3) is 0 Å². The predicted molar refractivity (Wildman–Crippen MR) is 38.7 cm³/mol. The highest BCUT2D eigenvalue weighted by molar-refractivity contribution is 6.14. The van der Waals surface area contributed by atoms with E-state index in [4.69, 9.17) is 5.11 Å². The van der Waals surface area contributed by atoms with E-state index in [1.807, 2.05) is 0 Å². The maximum absolute atomic E-state index is 10.4. The molecule has 0 atom stereocenters. The number of aliphatic carboxylic acids is 1. The van der Waals surface area contributed by atoms with Gasteiger partial charge in [-0.15, -0.1) is 0 Å². The van der Waals surface area contributed by atoms with Crippen molar-refractivity contribution in [1.29, 1.82) is 0 Å². The number of carboxylic acid groups (broad SMARTS) is 1. The van der Waals surface area contributed by atoms with Gasteiger partial charge in [-0.3, -0.25) is 0 Å². The molecule has 0 aliphatic rings. The summed E-state index contributed by atoms with van der Waals surface area (Å²) in [5.74, 6) is -1.04. The number of aromatic nitrogens is 2. The first-order chi connectivity index (χ1) is 5.22. The van der Waals surface area contributed by atoms with Gasteiger partial charge in [-0.2, -0.15) is 10.2 Å². The normalized spacial score (nSPS) is 9.09. The van der Waals surface area contributed by atoms with E-state index < -0.39 is 5.97 Å². The van der Waals surface area contributed by atoms with Crippen molar-refractivity contribution in [2.75, 3.05) is 0 Å². The van der Waals surface area contributed by atoms with Crippen molar-refractivity contribution in [3.05, 3.63) is 30.6 Å². The van der Waals surface area contributed by atoms with E-state index in [-0.39, 0.29) is 5.57 Å². The average molecular weight is 150 g/mol. The van der Waals surface area contributed by atoms with Crippen molar-refractivity contribution in [2.24, 2.45) is 0 Å². The molecule has 56 valence electrons. The van der Waals surface area contributed by atoms with E-state index in [0.717, 1.165) is 0 Å². The van der Waals surface area contributed by atoms with Gasteiger partial charge in [-0.25, -0.2) is 4.79 Å². The van der Waals surface area contributed by atoms with Crippen LogP contribution < -0.4 is 0 Å². The third-order valence-corrected chi connectivity index (χ3v) is 1.19. The van der Waals surface area contributed by atoms with E-state index >= 15 is 0 Å². The standard InChI is InChI=1S/C7H6N2O2/c1-5(7(10)11)6-2-3-8-9-4-6/h2-4H,1H2,(H,10,11). The van der Waals surface area contributed by atoms with Crippen molar-refractivity contribution in [3.8, 4) is 0 Å². The number of rotatable bonds is 2. The SMILES string of the molecule is C=C(C(=O)O)c1ccnnc1. The lowest BCUT2D eigenvalue weighted by Crippen LogP contribution is -1.98. The lowest BCUT2D eigenvalue weighted by Gasteiger charge is -1.95. The Kier molecular flexibility index (Phi) is 1.96. The highest BCUT2D eigenvalue weighted by Gasteiger charge is 2.05. The van der Waals surface area contributed by atoms with Gasteiger partial charge >= 0.3 is 5.97 Å². The number of hydrogen-bond donors (Lipinski definition) is 1. The quantitative estimate of drug-likeness (QED) is 0.626. The molecule has 4 nitrogen and oxygen atoms in total. The van der Waals surface area contributed by atoms with Crippen LogP contribution in [0.4, 0.5) is 0 Å². The van der Waals surface area contributed by atoms with Crippen molar-refractivity contribution in [3.63, 3.8) is 0 Å². The van der Waals surface area contributed by atoms with Crippen LogP contribution in [0.25, 0.3) is 5.57 Å². The first kappa shape index (κ1) is 7.40. The molecule has 1 heterocycles. The molecule has 0 bridgehead atoms. The third kappa shape index (κ3) is 1.61. The Bertz CT molecular complexity index is 282. The minimum atomic E-state index is -1.04. The summed E-state index contributed by atoms with van der Waals surface area (Å²) in [4.78, 5) is 10.4. The largest absolute Gasteiger partial charge is 0.478 e. The summed E-state index contributed by atoms with van der Waals surface area (Å²) in [6, 6.07) is 1.55.